The highest BCUT2D eigenvalue weighted by Gasteiger charge is 2.30. The summed E-state index contributed by atoms with van der Waals surface area (Å²) in [5.74, 6) is 1.05. The first-order chi connectivity index (χ1) is 9.72. The van der Waals surface area contributed by atoms with E-state index >= 15 is 0 Å². The van der Waals surface area contributed by atoms with Crippen molar-refractivity contribution in [2.75, 3.05) is 32.8 Å². The van der Waals surface area contributed by atoms with Gasteiger partial charge in [-0.15, -0.1) is 0 Å². The Bertz CT molecular complexity index is 460. The van der Waals surface area contributed by atoms with Crippen LogP contribution in [0.2, 0.25) is 0 Å². The zero-order valence-corrected chi connectivity index (χ0v) is 11.9. The molecule has 2 aliphatic rings. The smallest absolute Gasteiger partial charge is 0.251 e. The van der Waals surface area contributed by atoms with Crippen molar-refractivity contribution in [2.24, 2.45) is 0 Å². The Morgan fingerprint density at radius 3 is 2.80 bits per heavy atom. The van der Waals surface area contributed by atoms with Crippen LogP contribution < -0.4 is 0 Å². The predicted molar refractivity (Wildman–Crippen MR) is 72.1 cm³/mol. The summed E-state index contributed by atoms with van der Waals surface area (Å²) in [6, 6.07) is 1.96. The highest BCUT2D eigenvalue weighted by molar-refractivity contribution is 5.81. The molecule has 0 bridgehead atoms. The molecule has 6 heteroatoms. The van der Waals surface area contributed by atoms with E-state index < -0.39 is 0 Å². The number of hydrogen-bond donors (Lipinski definition) is 0. The van der Waals surface area contributed by atoms with Gasteiger partial charge in [-0.2, -0.15) is 0 Å². The van der Waals surface area contributed by atoms with Gasteiger partial charge in [0.25, 0.3) is 5.91 Å². The largest absolute Gasteiger partial charge is 0.368 e. The first kappa shape index (κ1) is 13.6. The number of rotatable bonds is 3. The highest BCUT2D eigenvalue weighted by atomic mass is 16.5. The van der Waals surface area contributed by atoms with Gasteiger partial charge < -0.3 is 14.2 Å². The number of piperazine rings is 1. The molecule has 20 heavy (non-hydrogen) atoms. The number of carbonyl (C=O) groups is 1. The first-order valence-corrected chi connectivity index (χ1v) is 7.27. The van der Waals surface area contributed by atoms with E-state index in [4.69, 9.17) is 9.26 Å². The van der Waals surface area contributed by atoms with Gasteiger partial charge in [0.1, 0.15) is 6.10 Å². The number of ether oxygens (including phenoxy) is 1. The van der Waals surface area contributed by atoms with Crippen LogP contribution in [0.4, 0.5) is 0 Å². The summed E-state index contributed by atoms with van der Waals surface area (Å²) < 4.78 is 10.7. The van der Waals surface area contributed by atoms with Gasteiger partial charge in [0.2, 0.25) is 0 Å². The Morgan fingerprint density at radius 1 is 1.40 bits per heavy atom. The lowest BCUT2D eigenvalue weighted by Crippen LogP contribution is -2.51. The molecule has 0 spiro atoms. The summed E-state index contributed by atoms with van der Waals surface area (Å²) >= 11 is 0. The van der Waals surface area contributed by atoms with Crippen LogP contribution in [0.25, 0.3) is 0 Å². The molecule has 0 radical (unpaired) electrons. The van der Waals surface area contributed by atoms with E-state index in [-0.39, 0.29) is 12.0 Å². The van der Waals surface area contributed by atoms with Gasteiger partial charge in [0.15, 0.2) is 5.76 Å². The molecule has 110 valence electrons. The highest BCUT2D eigenvalue weighted by Crippen LogP contribution is 2.16. The Kier molecular flexibility index (Phi) is 4.03. The normalized spacial score (nSPS) is 24.2. The molecular weight excluding hydrogens is 258 g/mol. The maximum Gasteiger partial charge on any atom is 0.251 e. The molecule has 1 atom stereocenters. The summed E-state index contributed by atoms with van der Waals surface area (Å²) in [6.07, 6.45) is 1.68. The van der Waals surface area contributed by atoms with E-state index in [1.54, 1.807) is 0 Å². The molecule has 1 unspecified atom stereocenters. The Balaban J connectivity index is 1.48. The maximum absolute atomic E-state index is 12.2. The summed E-state index contributed by atoms with van der Waals surface area (Å²) in [4.78, 5) is 16.4. The Morgan fingerprint density at radius 2 is 2.20 bits per heavy atom. The van der Waals surface area contributed by atoms with Crippen LogP contribution in [0.15, 0.2) is 10.6 Å². The molecule has 1 aromatic rings. The molecule has 1 aromatic heterocycles. The fraction of sp³-hybridized carbons (Fsp3) is 0.714. The van der Waals surface area contributed by atoms with Gasteiger partial charge >= 0.3 is 0 Å². The van der Waals surface area contributed by atoms with E-state index in [1.807, 2.05) is 17.9 Å². The fourth-order valence-electron chi connectivity index (χ4n) is 2.81. The Labute approximate surface area is 118 Å². The van der Waals surface area contributed by atoms with Crippen molar-refractivity contribution in [1.29, 1.82) is 0 Å². The van der Waals surface area contributed by atoms with Gasteiger partial charge in [-0.1, -0.05) is 5.16 Å². The second kappa shape index (κ2) is 5.93. The molecule has 0 N–H and O–H groups in total. The minimum atomic E-state index is -0.196. The third kappa shape index (κ3) is 3.02. The third-order valence-corrected chi connectivity index (χ3v) is 3.95. The molecule has 3 heterocycles. The molecule has 3 rings (SSSR count). The average molecular weight is 279 g/mol. The molecule has 2 fully saturated rings. The van der Waals surface area contributed by atoms with Crippen molar-refractivity contribution < 1.29 is 14.1 Å². The summed E-state index contributed by atoms with van der Waals surface area (Å²) in [5.41, 5.74) is 0.909. The quantitative estimate of drug-likeness (QED) is 0.819. The zero-order valence-electron chi connectivity index (χ0n) is 11.9. The molecule has 6 nitrogen and oxygen atoms in total. The predicted octanol–water partition coefficient (Wildman–Crippen LogP) is 0.806. The fourth-order valence-corrected chi connectivity index (χ4v) is 2.81. The standard InChI is InChI=1S/C14H21N3O3/c1-11-9-12(20-15-11)10-16-4-6-17(7-5-16)14(18)13-3-2-8-19-13/h9,13H,2-8,10H2,1H3. The molecule has 2 aliphatic heterocycles. The van der Waals surface area contributed by atoms with Gasteiger partial charge in [0.05, 0.1) is 12.2 Å². The van der Waals surface area contributed by atoms with Crippen LogP contribution in [-0.2, 0) is 16.1 Å². The lowest BCUT2D eigenvalue weighted by Gasteiger charge is -2.35. The van der Waals surface area contributed by atoms with Crippen LogP contribution in [0.3, 0.4) is 0 Å². The average Bonchev–Trinajstić information content (AvgIpc) is 3.11. The van der Waals surface area contributed by atoms with Crippen LogP contribution in [0.5, 0.6) is 0 Å². The van der Waals surface area contributed by atoms with Crippen LogP contribution >= 0.6 is 0 Å². The molecule has 1 amide bonds. The van der Waals surface area contributed by atoms with E-state index in [0.29, 0.717) is 0 Å². The lowest BCUT2D eigenvalue weighted by atomic mass is 10.2. The monoisotopic (exact) mass is 279 g/mol. The van der Waals surface area contributed by atoms with Crippen molar-refractivity contribution in [2.45, 2.75) is 32.4 Å². The number of hydrogen-bond acceptors (Lipinski definition) is 5. The van der Waals surface area contributed by atoms with E-state index in [1.165, 1.54) is 0 Å². The summed E-state index contributed by atoms with van der Waals surface area (Å²) in [5, 5.41) is 3.89. The topological polar surface area (TPSA) is 58.8 Å². The molecule has 0 aliphatic carbocycles. The lowest BCUT2D eigenvalue weighted by molar-refractivity contribution is -0.142. The van der Waals surface area contributed by atoms with Gasteiger partial charge in [-0.3, -0.25) is 9.69 Å². The Hall–Kier alpha value is -1.40. The van der Waals surface area contributed by atoms with Gasteiger partial charge in [0, 0.05) is 38.9 Å². The second-order valence-corrected chi connectivity index (χ2v) is 5.54. The number of aryl methyl sites for hydroxylation is 1. The second-order valence-electron chi connectivity index (χ2n) is 5.54. The van der Waals surface area contributed by atoms with Gasteiger partial charge in [-0.05, 0) is 19.8 Å². The zero-order chi connectivity index (χ0) is 13.9. The van der Waals surface area contributed by atoms with E-state index in [9.17, 15) is 4.79 Å². The maximum atomic E-state index is 12.2. The van der Waals surface area contributed by atoms with Crippen molar-refractivity contribution in [3.63, 3.8) is 0 Å². The summed E-state index contributed by atoms with van der Waals surface area (Å²) in [7, 11) is 0. The van der Waals surface area contributed by atoms with Crippen molar-refractivity contribution in [3.8, 4) is 0 Å². The third-order valence-electron chi connectivity index (χ3n) is 3.95. The van der Waals surface area contributed by atoms with Crippen molar-refractivity contribution in [1.82, 2.24) is 15.0 Å². The minimum Gasteiger partial charge on any atom is -0.368 e. The number of amides is 1. The van der Waals surface area contributed by atoms with Gasteiger partial charge in [-0.25, -0.2) is 0 Å². The summed E-state index contributed by atoms with van der Waals surface area (Å²) in [6.45, 7) is 6.70. The SMILES string of the molecule is Cc1cc(CN2CCN(C(=O)C3CCCO3)CC2)on1. The molecule has 0 aromatic carbocycles. The van der Waals surface area contributed by atoms with Crippen LogP contribution in [0, 0.1) is 6.92 Å². The molecular formula is C14H21N3O3. The van der Waals surface area contributed by atoms with Crippen LogP contribution in [0.1, 0.15) is 24.3 Å². The number of aromatic nitrogens is 1. The van der Waals surface area contributed by atoms with Crippen molar-refractivity contribution >= 4 is 5.91 Å². The first-order valence-electron chi connectivity index (χ1n) is 7.27. The van der Waals surface area contributed by atoms with E-state index in [2.05, 4.69) is 10.1 Å². The van der Waals surface area contributed by atoms with Crippen molar-refractivity contribution in [3.05, 3.63) is 17.5 Å². The molecule has 2 saturated heterocycles. The molecule has 0 saturated carbocycles. The minimum absolute atomic E-state index is 0.164. The number of carbonyl (C=O) groups excluding carboxylic acids is 1. The van der Waals surface area contributed by atoms with E-state index in [0.717, 1.165) is 63.6 Å². The van der Waals surface area contributed by atoms with Crippen LogP contribution in [-0.4, -0.2) is 59.8 Å². The number of nitrogens with zero attached hydrogens (tertiary/aromatic N) is 3.